The lowest BCUT2D eigenvalue weighted by Crippen LogP contribution is -2.13. The fourth-order valence-corrected chi connectivity index (χ4v) is 3.03. The zero-order chi connectivity index (χ0) is 18.4. The first kappa shape index (κ1) is 18.0. The Morgan fingerprint density at radius 2 is 2.08 bits per heavy atom. The smallest absolute Gasteiger partial charge is 0.276 e. The van der Waals surface area contributed by atoms with E-state index in [-0.39, 0.29) is 12.3 Å². The standard InChI is InChI=1S/C18H13ClN4O2S/c19-14-6-3-5-12(10-14)17-22-23-18(25-17)26-9-8-16(24)21-15-7-2-1-4-13(15)11-20/h1-7,10H,8-9H2,(H,21,24). The molecule has 2 aromatic carbocycles. The van der Waals surface area contributed by atoms with E-state index in [2.05, 4.69) is 15.5 Å². The molecular formula is C18H13ClN4O2S. The van der Waals surface area contributed by atoms with Crippen LogP contribution in [0.15, 0.2) is 58.2 Å². The summed E-state index contributed by atoms with van der Waals surface area (Å²) in [7, 11) is 0. The number of hydrogen-bond donors (Lipinski definition) is 1. The van der Waals surface area contributed by atoms with E-state index in [0.29, 0.717) is 33.1 Å². The molecule has 0 saturated carbocycles. The molecule has 0 aliphatic carbocycles. The summed E-state index contributed by atoms with van der Waals surface area (Å²) in [4.78, 5) is 12.0. The summed E-state index contributed by atoms with van der Waals surface area (Å²) in [5.41, 5.74) is 1.67. The number of para-hydroxylation sites is 1. The zero-order valence-corrected chi connectivity index (χ0v) is 15.0. The van der Waals surface area contributed by atoms with Crippen LogP contribution in [0, 0.1) is 11.3 Å². The highest BCUT2D eigenvalue weighted by Crippen LogP contribution is 2.25. The largest absolute Gasteiger partial charge is 0.411 e. The number of thioether (sulfide) groups is 1. The Labute approximate surface area is 159 Å². The zero-order valence-electron chi connectivity index (χ0n) is 13.5. The minimum atomic E-state index is -0.185. The van der Waals surface area contributed by atoms with Crippen molar-refractivity contribution < 1.29 is 9.21 Å². The highest BCUT2D eigenvalue weighted by Gasteiger charge is 2.11. The third-order valence-corrected chi connectivity index (χ3v) is 4.41. The number of nitrogens with one attached hydrogen (secondary N) is 1. The number of nitriles is 1. The van der Waals surface area contributed by atoms with Crippen molar-refractivity contribution in [1.29, 1.82) is 5.26 Å². The number of anilines is 1. The van der Waals surface area contributed by atoms with Crippen molar-refractivity contribution in [1.82, 2.24) is 10.2 Å². The van der Waals surface area contributed by atoms with Gasteiger partial charge in [-0.25, -0.2) is 0 Å². The van der Waals surface area contributed by atoms with Gasteiger partial charge < -0.3 is 9.73 Å². The topological polar surface area (TPSA) is 91.8 Å². The van der Waals surface area contributed by atoms with Gasteiger partial charge in [0.05, 0.1) is 11.3 Å². The Hall–Kier alpha value is -2.82. The summed E-state index contributed by atoms with van der Waals surface area (Å²) in [6, 6.07) is 16.0. The third kappa shape index (κ3) is 4.63. The van der Waals surface area contributed by atoms with Gasteiger partial charge in [0.2, 0.25) is 11.8 Å². The SMILES string of the molecule is N#Cc1ccccc1NC(=O)CCSc1nnc(-c2cccc(Cl)c2)o1. The summed E-state index contributed by atoms with van der Waals surface area (Å²) < 4.78 is 5.57. The molecule has 1 aromatic heterocycles. The van der Waals surface area contributed by atoms with Gasteiger partial charge in [0.15, 0.2) is 0 Å². The second-order valence-corrected chi connectivity index (χ2v) is 6.67. The van der Waals surface area contributed by atoms with Crippen LogP contribution >= 0.6 is 23.4 Å². The Bertz CT molecular complexity index is 968. The lowest BCUT2D eigenvalue weighted by Gasteiger charge is -2.05. The van der Waals surface area contributed by atoms with Gasteiger partial charge in [-0.3, -0.25) is 4.79 Å². The molecule has 0 unspecified atom stereocenters. The van der Waals surface area contributed by atoms with Gasteiger partial charge in [-0.1, -0.05) is 41.6 Å². The number of benzene rings is 2. The van der Waals surface area contributed by atoms with Crippen molar-refractivity contribution in [2.24, 2.45) is 0 Å². The van der Waals surface area contributed by atoms with Crippen molar-refractivity contribution in [3.05, 3.63) is 59.1 Å². The molecule has 1 heterocycles. The maximum absolute atomic E-state index is 12.0. The van der Waals surface area contributed by atoms with E-state index in [9.17, 15) is 4.79 Å². The average molecular weight is 385 g/mol. The van der Waals surface area contributed by atoms with Crippen LogP contribution in [-0.4, -0.2) is 21.9 Å². The van der Waals surface area contributed by atoms with Crippen molar-refractivity contribution in [3.63, 3.8) is 0 Å². The van der Waals surface area contributed by atoms with Gasteiger partial charge in [-0.2, -0.15) is 5.26 Å². The van der Waals surface area contributed by atoms with Crippen molar-refractivity contribution in [2.45, 2.75) is 11.6 Å². The molecule has 0 atom stereocenters. The minimum absolute atomic E-state index is 0.185. The summed E-state index contributed by atoms with van der Waals surface area (Å²) in [5.74, 6) is 0.662. The van der Waals surface area contributed by atoms with Gasteiger partial charge in [0.25, 0.3) is 5.22 Å². The fraction of sp³-hybridized carbons (Fsp3) is 0.111. The maximum atomic E-state index is 12.0. The van der Waals surface area contributed by atoms with Crippen LogP contribution in [0.4, 0.5) is 5.69 Å². The molecule has 3 aromatic rings. The Morgan fingerprint density at radius 3 is 2.88 bits per heavy atom. The van der Waals surface area contributed by atoms with E-state index >= 15 is 0 Å². The number of carbonyl (C=O) groups excluding carboxylic acids is 1. The predicted molar refractivity (Wildman–Crippen MR) is 99.9 cm³/mol. The van der Waals surface area contributed by atoms with E-state index in [1.807, 2.05) is 12.1 Å². The number of rotatable bonds is 6. The number of carbonyl (C=O) groups is 1. The van der Waals surface area contributed by atoms with E-state index in [4.69, 9.17) is 21.3 Å². The molecule has 3 rings (SSSR count). The number of hydrogen-bond acceptors (Lipinski definition) is 6. The number of halogens is 1. The molecular weight excluding hydrogens is 372 g/mol. The van der Waals surface area contributed by atoms with E-state index in [1.54, 1.807) is 42.5 Å². The third-order valence-electron chi connectivity index (χ3n) is 3.35. The second-order valence-electron chi connectivity index (χ2n) is 5.19. The molecule has 1 amide bonds. The minimum Gasteiger partial charge on any atom is -0.411 e. The van der Waals surface area contributed by atoms with Gasteiger partial charge >= 0.3 is 0 Å². The van der Waals surface area contributed by atoms with Crippen LogP contribution in [-0.2, 0) is 4.79 Å². The lowest BCUT2D eigenvalue weighted by atomic mass is 10.2. The Balaban J connectivity index is 1.52. The van der Waals surface area contributed by atoms with Gasteiger partial charge in [0.1, 0.15) is 6.07 Å². The molecule has 0 spiro atoms. The van der Waals surface area contributed by atoms with Crippen molar-refractivity contribution in [2.75, 3.05) is 11.1 Å². The average Bonchev–Trinajstić information content (AvgIpc) is 3.11. The normalized spacial score (nSPS) is 10.3. The van der Waals surface area contributed by atoms with Crippen LogP contribution in [0.2, 0.25) is 5.02 Å². The van der Waals surface area contributed by atoms with Gasteiger partial charge in [-0.05, 0) is 30.3 Å². The fourth-order valence-electron chi connectivity index (χ4n) is 2.14. The van der Waals surface area contributed by atoms with Crippen LogP contribution in [0.3, 0.4) is 0 Å². The molecule has 6 nitrogen and oxygen atoms in total. The van der Waals surface area contributed by atoms with Crippen LogP contribution in [0.5, 0.6) is 0 Å². The lowest BCUT2D eigenvalue weighted by molar-refractivity contribution is -0.115. The van der Waals surface area contributed by atoms with Crippen LogP contribution in [0.1, 0.15) is 12.0 Å². The van der Waals surface area contributed by atoms with Gasteiger partial charge in [0, 0.05) is 22.8 Å². The summed E-state index contributed by atoms with van der Waals surface area (Å²) >= 11 is 7.24. The molecule has 0 aliphatic heterocycles. The molecule has 1 N–H and O–H groups in total. The monoisotopic (exact) mass is 384 g/mol. The first-order valence-corrected chi connectivity index (χ1v) is 9.03. The molecule has 0 aliphatic rings. The van der Waals surface area contributed by atoms with E-state index in [1.165, 1.54) is 11.8 Å². The molecule has 26 heavy (non-hydrogen) atoms. The first-order valence-electron chi connectivity index (χ1n) is 7.67. The molecule has 130 valence electrons. The quantitative estimate of drug-likeness (QED) is 0.634. The van der Waals surface area contributed by atoms with Crippen LogP contribution < -0.4 is 5.32 Å². The predicted octanol–water partition coefficient (Wildman–Crippen LogP) is 4.38. The maximum Gasteiger partial charge on any atom is 0.276 e. The van der Waals surface area contributed by atoms with E-state index in [0.717, 1.165) is 5.56 Å². The molecule has 0 fully saturated rings. The number of amides is 1. The highest BCUT2D eigenvalue weighted by atomic mass is 35.5. The summed E-state index contributed by atoms with van der Waals surface area (Å²) in [6.07, 6.45) is 0.249. The summed E-state index contributed by atoms with van der Waals surface area (Å²) in [6.45, 7) is 0. The van der Waals surface area contributed by atoms with Gasteiger partial charge in [-0.15, -0.1) is 10.2 Å². The highest BCUT2D eigenvalue weighted by molar-refractivity contribution is 7.99. The molecule has 0 radical (unpaired) electrons. The Kier molecular flexibility index (Phi) is 5.89. The van der Waals surface area contributed by atoms with Crippen LogP contribution in [0.25, 0.3) is 11.5 Å². The molecule has 8 heteroatoms. The first-order chi connectivity index (χ1) is 12.7. The Morgan fingerprint density at radius 1 is 1.23 bits per heavy atom. The number of aromatic nitrogens is 2. The molecule has 0 bridgehead atoms. The van der Waals surface area contributed by atoms with E-state index < -0.39 is 0 Å². The van der Waals surface area contributed by atoms with Crippen molar-refractivity contribution in [3.8, 4) is 17.5 Å². The summed E-state index contributed by atoms with van der Waals surface area (Å²) in [5, 5.41) is 20.7. The second kappa shape index (κ2) is 8.52. The van der Waals surface area contributed by atoms with Crippen molar-refractivity contribution >= 4 is 35.0 Å². The molecule has 0 saturated heterocycles. The number of nitrogens with zero attached hydrogens (tertiary/aromatic N) is 3.